The molecule has 0 unspecified atom stereocenters. The second kappa shape index (κ2) is 14.7. The first-order chi connectivity index (χ1) is 31.4. The van der Waals surface area contributed by atoms with Crippen LogP contribution >= 0.6 is 0 Å². The number of aromatic nitrogens is 4. The highest BCUT2D eigenvalue weighted by atomic mass is 28.3. The zero-order chi connectivity index (χ0) is 43.0. The molecule has 0 radical (unpaired) electrons. The summed E-state index contributed by atoms with van der Waals surface area (Å²) in [4.78, 5) is 12.9. The number of rotatable bonds is 7. The molecule has 0 bridgehead atoms. The van der Waals surface area contributed by atoms with E-state index in [0.29, 0.717) is 0 Å². The fraction of sp³-hybridized carbons (Fsp3) is 0.0690. The van der Waals surface area contributed by atoms with Crippen molar-refractivity contribution in [3.05, 3.63) is 230 Å². The van der Waals surface area contributed by atoms with Gasteiger partial charge in [0.25, 0.3) is 0 Å². The number of hydrogen-bond acceptors (Lipinski definition) is 3. The number of benzene rings is 8. The first-order valence-electron chi connectivity index (χ1n) is 22.1. The van der Waals surface area contributed by atoms with Crippen molar-refractivity contribution in [1.29, 1.82) is 0 Å². The Hall–Kier alpha value is -7.80. The molecule has 0 atom stereocenters. The molecule has 0 saturated carbocycles. The van der Waals surface area contributed by atoms with Gasteiger partial charge in [0.15, 0.2) is 8.07 Å². The molecule has 1 aliphatic heterocycles. The van der Waals surface area contributed by atoms with Gasteiger partial charge in [-0.2, -0.15) is 0 Å². The smallest absolute Gasteiger partial charge is 0.179 e. The molecule has 0 spiro atoms. The summed E-state index contributed by atoms with van der Waals surface area (Å²) >= 11 is 0. The van der Waals surface area contributed by atoms with Gasteiger partial charge in [0.05, 0.1) is 27.9 Å². The van der Waals surface area contributed by atoms with E-state index in [4.69, 9.17) is 9.97 Å². The van der Waals surface area contributed by atoms with Crippen molar-refractivity contribution < 1.29 is 0 Å². The van der Waals surface area contributed by atoms with E-state index in [1.165, 1.54) is 48.6 Å². The van der Waals surface area contributed by atoms with Crippen molar-refractivity contribution in [2.75, 3.05) is 4.90 Å². The summed E-state index contributed by atoms with van der Waals surface area (Å²) in [7, 11) is -0.924. The summed E-state index contributed by atoms with van der Waals surface area (Å²) in [5.41, 5.74) is 12.2. The zero-order valence-electron chi connectivity index (χ0n) is 36.0. The molecule has 4 heterocycles. The van der Waals surface area contributed by atoms with E-state index in [2.05, 4.69) is 247 Å². The van der Waals surface area contributed by atoms with E-state index in [-0.39, 0.29) is 5.41 Å². The highest BCUT2D eigenvalue weighted by Crippen LogP contribution is 2.55. The van der Waals surface area contributed by atoms with Crippen LogP contribution in [0.4, 0.5) is 17.1 Å². The second-order valence-corrected chi connectivity index (χ2v) is 21.3. The van der Waals surface area contributed by atoms with E-state index in [0.717, 1.165) is 50.3 Å². The average Bonchev–Trinajstić information content (AvgIpc) is 3.88. The van der Waals surface area contributed by atoms with Gasteiger partial charge < -0.3 is 9.47 Å². The number of pyridine rings is 1. The van der Waals surface area contributed by atoms with Crippen LogP contribution in [0.15, 0.2) is 219 Å². The lowest BCUT2D eigenvalue weighted by atomic mass is 9.73. The molecular weight excluding hydrogens is 795 g/mol. The summed E-state index contributed by atoms with van der Waals surface area (Å²) in [6.07, 6.45) is 1.93. The molecule has 0 fully saturated rings. The Morgan fingerprint density at radius 1 is 0.500 bits per heavy atom. The summed E-state index contributed by atoms with van der Waals surface area (Å²) in [6.45, 7) is 4.73. The predicted octanol–water partition coefficient (Wildman–Crippen LogP) is 11.2. The van der Waals surface area contributed by atoms with E-state index in [1.807, 2.05) is 6.20 Å². The summed E-state index contributed by atoms with van der Waals surface area (Å²) in [6, 6.07) is 78.1. The molecule has 5 nitrogen and oxygen atoms in total. The van der Waals surface area contributed by atoms with Crippen molar-refractivity contribution in [3.63, 3.8) is 0 Å². The summed E-state index contributed by atoms with van der Waals surface area (Å²) in [5, 5.41) is 7.50. The number of anilines is 3. The Morgan fingerprint density at radius 3 is 1.88 bits per heavy atom. The number of nitrogens with zero attached hydrogens (tertiary/aromatic N) is 5. The maximum Gasteiger partial charge on any atom is 0.179 e. The van der Waals surface area contributed by atoms with Gasteiger partial charge in [0.2, 0.25) is 0 Å². The highest BCUT2D eigenvalue weighted by molar-refractivity contribution is 7.20. The Morgan fingerprint density at radius 2 is 1.12 bits per heavy atom. The van der Waals surface area contributed by atoms with Crippen LogP contribution in [0.25, 0.3) is 50.0 Å². The maximum absolute atomic E-state index is 5.21. The lowest BCUT2D eigenvalue weighted by Gasteiger charge is -2.42. The van der Waals surface area contributed by atoms with Gasteiger partial charge in [-0.1, -0.05) is 172 Å². The van der Waals surface area contributed by atoms with Crippen molar-refractivity contribution in [1.82, 2.24) is 19.1 Å². The number of hydrogen-bond donors (Lipinski definition) is 0. The predicted molar refractivity (Wildman–Crippen MR) is 269 cm³/mol. The molecule has 8 aromatic carbocycles. The van der Waals surface area contributed by atoms with Crippen molar-refractivity contribution in [2.45, 2.75) is 19.3 Å². The third kappa shape index (κ3) is 5.55. The molecule has 306 valence electrons. The van der Waals surface area contributed by atoms with Crippen molar-refractivity contribution in [2.24, 2.45) is 7.05 Å². The quantitative estimate of drug-likeness (QED) is 0.119. The third-order valence-electron chi connectivity index (χ3n) is 13.7. The minimum Gasteiger partial charge on any atom is -0.327 e. The molecule has 12 rings (SSSR count). The lowest BCUT2D eigenvalue weighted by molar-refractivity contribution is 0.633. The molecule has 3 aromatic heterocycles. The van der Waals surface area contributed by atoms with Crippen molar-refractivity contribution >= 4 is 78.9 Å². The number of aryl methyl sites for hydroxylation is 1. The van der Waals surface area contributed by atoms with Gasteiger partial charge in [0.1, 0.15) is 11.5 Å². The fourth-order valence-electron chi connectivity index (χ4n) is 10.8. The van der Waals surface area contributed by atoms with E-state index in [9.17, 15) is 0 Å². The largest absolute Gasteiger partial charge is 0.327 e. The van der Waals surface area contributed by atoms with E-state index < -0.39 is 8.07 Å². The summed E-state index contributed by atoms with van der Waals surface area (Å²) < 4.78 is 4.66. The van der Waals surface area contributed by atoms with Gasteiger partial charge in [-0.25, -0.2) is 9.97 Å². The Balaban J connectivity index is 1.17. The Kier molecular flexibility index (Phi) is 8.68. The molecule has 11 aromatic rings. The lowest BCUT2D eigenvalue weighted by Crippen LogP contribution is -2.74. The van der Waals surface area contributed by atoms with Gasteiger partial charge in [0, 0.05) is 46.4 Å². The highest BCUT2D eigenvalue weighted by Gasteiger charge is 2.43. The Labute approximate surface area is 374 Å². The van der Waals surface area contributed by atoms with Gasteiger partial charge in [-0.05, 0) is 86.5 Å². The van der Waals surface area contributed by atoms with E-state index >= 15 is 0 Å². The SMILES string of the molecule is Cn1c(-c2cccc([Si](c3ccccc3)(c3ccccc3)c3cccc(-n4c5ncccc5c5ccc6c(c54)N(c4ccccc4)c4ccccc4C6(C)C)c3)c2)nc2ccccc21. The van der Waals surface area contributed by atoms with Crippen LogP contribution in [0.1, 0.15) is 25.0 Å². The standard InChI is InChI=1S/C58H45N5Si/c1-58(2)49-31-13-15-33-52(49)62(41-21-7-4-8-22-41)55-50(58)36-35-47-48-30-19-37-59-57(48)63(54(47)55)42-23-18-29-46(39-42)64(43-24-9-5-10-25-43,44-26-11-6-12-27-44)45-28-17-20-40(38-45)56-60-51-32-14-16-34-53(51)61(56)3/h4-39H,1-3H3. The number of imidazole rings is 1. The first-order valence-corrected chi connectivity index (χ1v) is 24.1. The normalized spacial score (nSPS) is 13.3. The van der Waals surface area contributed by atoms with Gasteiger partial charge >= 0.3 is 0 Å². The molecule has 6 heteroatoms. The second-order valence-electron chi connectivity index (χ2n) is 17.5. The minimum atomic E-state index is -3.05. The molecule has 0 saturated heterocycles. The van der Waals surface area contributed by atoms with Crippen LogP contribution in [-0.4, -0.2) is 27.2 Å². The molecule has 1 aliphatic rings. The Bertz CT molecular complexity index is 3510. The van der Waals surface area contributed by atoms with Crippen LogP contribution in [0.3, 0.4) is 0 Å². The first kappa shape index (κ1) is 37.9. The summed E-state index contributed by atoms with van der Waals surface area (Å²) in [5.74, 6) is 0.953. The average molecular weight is 840 g/mol. The van der Waals surface area contributed by atoms with Crippen LogP contribution in [0, 0.1) is 0 Å². The van der Waals surface area contributed by atoms with Crippen LogP contribution < -0.4 is 25.6 Å². The number of para-hydroxylation sites is 4. The van der Waals surface area contributed by atoms with Crippen LogP contribution in [-0.2, 0) is 12.5 Å². The van der Waals surface area contributed by atoms with Gasteiger partial charge in [-0.15, -0.1) is 0 Å². The van der Waals surface area contributed by atoms with Crippen LogP contribution in [0.2, 0.25) is 0 Å². The molecule has 0 N–H and O–H groups in total. The fourth-order valence-corrected chi connectivity index (χ4v) is 15.6. The van der Waals surface area contributed by atoms with E-state index in [1.54, 1.807) is 0 Å². The van der Waals surface area contributed by atoms with Crippen molar-refractivity contribution in [3.8, 4) is 17.1 Å². The third-order valence-corrected chi connectivity index (χ3v) is 18.4. The topological polar surface area (TPSA) is 38.9 Å². The molecular formula is C58H45N5Si. The minimum absolute atomic E-state index is 0.269. The molecule has 64 heavy (non-hydrogen) atoms. The molecule has 0 amide bonds. The monoisotopic (exact) mass is 839 g/mol. The van der Waals surface area contributed by atoms with Crippen LogP contribution in [0.5, 0.6) is 0 Å². The number of fused-ring (bicyclic) bond motifs is 7. The van der Waals surface area contributed by atoms with Gasteiger partial charge in [-0.3, -0.25) is 4.57 Å². The molecule has 0 aliphatic carbocycles. The maximum atomic E-state index is 5.21. The zero-order valence-corrected chi connectivity index (χ0v) is 37.0.